The van der Waals surface area contributed by atoms with Crippen LogP contribution in [0.5, 0.6) is 0 Å². The van der Waals surface area contributed by atoms with Crippen molar-refractivity contribution in [2.75, 3.05) is 0 Å². The lowest BCUT2D eigenvalue weighted by atomic mass is 10.3. The molecular weight excluding hydrogens is 198 g/mol. The van der Waals surface area contributed by atoms with Crippen molar-refractivity contribution in [2.24, 2.45) is 7.05 Å². The summed E-state index contributed by atoms with van der Waals surface area (Å²) in [6, 6.07) is 3.31. The molecule has 76 valence electrons. The molecule has 0 saturated carbocycles. The van der Waals surface area contributed by atoms with Gasteiger partial charge in [-0.1, -0.05) is 0 Å². The van der Waals surface area contributed by atoms with Crippen molar-refractivity contribution in [1.82, 2.24) is 14.8 Å². The van der Waals surface area contributed by atoms with Gasteiger partial charge in [0.05, 0.1) is 5.52 Å². The maximum atomic E-state index is 11.6. The van der Waals surface area contributed by atoms with Crippen LogP contribution in [0.2, 0.25) is 0 Å². The van der Waals surface area contributed by atoms with Crippen LogP contribution in [0.3, 0.4) is 0 Å². The lowest BCUT2D eigenvalue weighted by Crippen LogP contribution is -2.22. The number of pyridine rings is 1. The zero-order valence-corrected chi connectivity index (χ0v) is 7.84. The topological polar surface area (TPSA) is 85.1 Å². The van der Waals surface area contributed by atoms with Crippen LogP contribution in [0.1, 0.15) is 10.5 Å². The Kier molecular flexibility index (Phi) is 1.96. The van der Waals surface area contributed by atoms with E-state index < -0.39 is 17.1 Å². The Balaban J connectivity index is 2.97. The first kappa shape index (κ1) is 9.32. The molecular formula is C9H7N3O3. The van der Waals surface area contributed by atoms with Gasteiger partial charge < -0.3 is 5.11 Å². The quantitative estimate of drug-likeness (QED) is 0.709. The number of nitrogens with zero attached hydrogens (tertiary/aromatic N) is 3. The van der Waals surface area contributed by atoms with Gasteiger partial charge in [-0.15, -0.1) is 0 Å². The average molecular weight is 205 g/mol. The fourth-order valence-electron chi connectivity index (χ4n) is 1.33. The molecule has 2 aromatic heterocycles. The van der Waals surface area contributed by atoms with E-state index in [1.807, 2.05) is 0 Å². The lowest BCUT2D eigenvalue weighted by Gasteiger charge is -2.03. The van der Waals surface area contributed by atoms with Gasteiger partial charge in [-0.3, -0.25) is 14.5 Å². The Labute approximate surface area is 83.8 Å². The minimum Gasteiger partial charge on any atom is -0.476 e. The smallest absolute Gasteiger partial charge is 0.360 e. The van der Waals surface area contributed by atoms with E-state index >= 15 is 0 Å². The number of fused-ring (bicyclic) bond motifs is 1. The highest BCUT2D eigenvalue weighted by atomic mass is 16.4. The first-order chi connectivity index (χ1) is 7.11. The van der Waals surface area contributed by atoms with Crippen LogP contribution in [-0.4, -0.2) is 25.8 Å². The number of carboxylic acid groups (broad SMARTS) is 1. The zero-order chi connectivity index (χ0) is 11.0. The number of aryl methyl sites for hydroxylation is 1. The van der Waals surface area contributed by atoms with Crippen molar-refractivity contribution >= 4 is 17.0 Å². The minimum absolute atomic E-state index is 0.118. The van der Waals surface area contributed by atoms with Crippen molar-refractivity contribution < 1.29 is 9.90 Å². The van der Waals surface area contributed by atoms with Crippen LogP contribution in [-0.2, 0) is 7.05 Å². The van der Waals surface area contributed by atoms with Gasteiger partial charge in [0.15, 0.2) is 0 Å². The Hall–Kier alpha value is -2.24. The van der Waals surface area contributed by atoms with E-state index in [9.17, 15) is 9.59 Å². The number of aromatic carboxylic acids is 1. The molecule has 15 heavy (non-hydrogen) atoms. The van der Waals surface area contributed by atoms with Gasteiger partial charge >= 0.3 is 5.97 Å². The third kappa shape index (κ3) is 1.35. The van der Waals surface area contributed by atoms with E-state index in [-0.39, 0.29) is 5.52 Å². The monoisotopic (exact) mass is 205 g/mol. The standard InChI is InChI=1S/C9H7N3O3/c1-12-5-3-2-4-10-6(5)8(13)7(11-12)9(14)15/h2-4H,1H3,(H,14,15). The molecule has 0 saturated heterocycles. The molecule has 0 atom stereocenters. The van der Waals surface area contributed by atoms with Crippen molar-refractivity contribution in [3.63, 3.8) is 0 Å². The van der Waals surface area contributed by atoms with Gasteiger partial charge in [-0.2, -0.15) is 5.10 Å². The predicted molar refractivity (Wildman–Crippen MR) is 51.7 cm³/mol. The molecule has 2 aromatic rings. The molecule has 0 aliphatic carbocycles. The van der Waals surface area contributed by atoms with Gasteiger partial charge in [0, 0.05) is 13.2 Å². The maximum Gasteiger partial charge on any atom is 0.360 e. The first-order valence-electron chi connectivity index (χ1n) is 4.16. The Morgan fingerprint density at radius 2 is 2.27 bits per heavy atom. The normalized spacial score (nSPS) is 10.5. The molecule has 0 aromatic carbocycles. The van der Waals surface area contributed by atoms with E-state index in [4.69, 9.17) is 5.11 Å². The summed E-state index contributed by atoms with van der Waals surface area (Å²) >= 11 is 0. The zero-order valence-electron chi connectivity index (χ0n) is 7.84. The second kappa shape index (κ2) is 3.16. The van der Waals surface area contributed by atoms with Gasteiger partial charge in [0.1, 0.15) is 5.52 Å². The highest BCUT2D eigenvalue weighted by Crippen LogP contribution is 2.04. The Morgan fingerprint density at radius 1 is 1.53 bits per heavy atom. The number of aromatic nitrogens is 3. The minimum atomic E-state index is -1.34. The van der Waals surface area contributed by atoms with E-state index in [0.29, 0.717) is 5.52 Å². The maximum absolute atomic E-state index is 11.6. The molecule has 6 nitrogen and oxygen atoms in total. The number of carbonyl (C=O) groups is 1. The van der Waals surface area contributed by atoms with Crippen LogP contribution in [0.4, 0.5) is 0 Å². The fourth-order valence-corrected chi connectivity index (χ4v) is 1.33. The highest BCUT2D eigenvalue weighted by molar-refractivity contribution is 5.88. The molecule has 0 unspecified atom stereocenters. The number of rotatable bonds is 1. The molecule has 0 amide bonds. The Bertz CT molecular complexity index is 603. The van der Waals surface area contributed by atoms with E-state index in [1.165, 1.54) is 10.9 Å². The summed E-state index contributed by atoms with van der Waals surface area (Å²) in [5.41, 5.74) is -0.542. The van der Waals surface area contributed by atoms with Crippen LogP contribution in [0, 0.1) is 0 Å². The molecule has 0 bridgehead atoms. The summed E-state index contributed by atoms with van der Waals surface area (Å²) in [6.07, 6.45) is 1.44. The third-order valence-electron chi connectivity index (χ3n) is 2.02. The van der Waals surface area contributed by atoms with E-state index in [0.717, 1.165) is 0 Å². The second-order valence-electron chi connectivity index (χ2n) is 2.98. The van der Waals surface area contributed by atoms with Crippen LogP contribution in [0.15, 0.2) is 23.1 Å². The molecule has 1 N–H and O–H groups in total. The van der Waals surface area contributed by atoms with Crippen molar-refractivity contribution in [1.29, 1.82) is 0 Å². The summed E-state index contributed by atoms with van der Waals surface area (Å²) in [7, 11) is 1.57. The van der Waals surface area contributed by atoms with Gasteiger partial charge in [-0.05, 0) is 12.1 Å². The van der Waals surface area contributed by atoms with Gasteiger partial charge in [-0.25, -0.2) is 4.79 Å². The van der Waals surface area contributed by atoms with E-state index in [1.54, 1.807) is 19.2 Å². The van der Waals surface area contributed by atoms with Gasteiger partial charge in [0.2, 0.25) is 11.1 Å². The summed E-state index contributed by atoms with van der Waals surface area (Å²) in [5.74, 6) is -1.34. The largest absolute Gasteiger partial charge is 0.476 e. The van der Waals surface area contributed by atoms with Crippen molar-refractivity contribution in [3.8, 4) is 0 Å². The predicted octanol–water partition coefficient (Wildman–Crippen LogP) is 0.0267. The van der Waals surface area contributed by atoms with Gasteiger partial charge in [0.25, 0.3) is 0 Å². The molecule has 0 fully saturated rings. The fraction of sp³-hybridized carbons (Fsp3) is 0.111. The third-order valence-corrected chi connectivity index (χ3v) is 2.02. The lowest BCUT2D eigenvalue weighted by molar-refractivity contribution is 0.0686. The number of hydrogen-bond donors (Lipinski definition) is 1. The van der Waals surface area contributed by atoms with Crippen LogP contribution in [0.25, 0.3) is 11.0 Å². The first-order valence-corrected chi connectivity index (χ1v) is 4.16. The van der Waals surface area contributed by atoms with E-state index in [2.05, 4.69) is 10.1 Å². The average Bonchev–Trinajstić information content (AvgIpc) is 2.23. The molecule has 0 spiro atoms. The molecule has 2 heterocycles. The van der Waals surface area contributed by atoms with Crippen LogP contribution < -0.4 is 5.43 Å². The Morgan fingerprint density at radius 3 is 2.93 bits per heavy atom. The molecule has 0 aliphatic rings. The second-order valence-corrected chi connectivity index (χ2v) is 2.98. The van der Waals surface area contributed by atoms with Crippen molar-refractivity contribution in [2.45, 2.75) is 0 Å². The summed E-state index contributed by atoms with van der Waals surface area (Å²) < 4.78 is 1.33. The molecule has 2 rings (SSSR count). The summed E-state index contributed by atoms with van der Waals surface area (Å²) in [4.78, 5) is 26.2. The summed E-state index contributed by atoms with van der Waals surface area (Å²) in [6.45, 7) is 0. The highest BCUT2D eigenvalue weighted by Gasteiger charge is 2.15. The molecule has 0 radical (unpaired) electrons. The number of carboxylic acids is 1. The molecule has 0 aliphatic heterocycles. The van der Waals surface area contributed by atoms with Crippen molar-refractivity contribution in [3.05, 3.63) is 34.2 Å². The molecule has 6 heteroatoms. The number of hydrogen-bond acceptors (Lipinski definition) is 4. The SMILES string of the molecule is Cn1nc(C(=O)O)c(=O)c2ncccc21. The van der Waals surface area contributed by atoms with Crippen LogP contribution >= 0.6 is 0 Å². The summed E-state index contributed by atoms with van der Waals surface area (Å²) in [5, 5.41) is 12.4.